The zero-order valence-corrected chi connectivity index (χ0v) is 12.4. The van der Waals surface area contributed by atoms with Crippen LogP contribution in [0.5, 0.6) is 0 Å². The van der Waals surface area contributed by atoms with Gasteiger partial charge < -0.3 is 0 Å². The second-order valence-corrected chi connectivity index (χ2v) is 13.4. The van der Waals surface area contributed by atoms with E-state index >= 15 is 0 Å². The molecule has 0 aliphatic heterocycles. The zero-order chi connectivity index (χ0) is 12.0. The molecular formula is C12H29OP. The van der Waals surface area contributed by atoms with Crippen LogP contribution in [0.15, 0.2) is 0 Å². The number of hydrogen-bond acceptors (Lipinski definition) is 1. The number of hydrogen-bond donors (Lipinski definition) is 1. The molecule has 1 nitrogen and oxygen atoms in total. The first kappa shape index (κ1) is 14.4. The van der Waals surface area contributed by atoms with Crippen LogP contribution in [0.1, 0.15) is 62.3 Å². The Hall–Kier alpha value is 0.390. The van der Waals surface area contributed by atoms with Crippen LogP contribution in [0, 0.1) is 0 Å². The van der Waals surface area contributed by atoms with Gasteiger partial charge in [0.2, 0.25) is 0 Å². The maximum atomic E-state index is 11.2. The molecule has 0 saturated carbocycles. The topological polar surface area (TPSA) is 20.2 Å². The van der Waals surface area contributed by atoms with Gasteiger partial charge in [-0.2, -0.15) is 0 Å². The Morgan fingerprint density at radius 3 is 0.714 bits per heavy atom. The van der Waals surface area contributed by atoms with Gasteiger partial charge in [-0.1, -0.05) is 0 Å². The summed E-state index contributed by atoms with van der Waals surface area (Å²) in [7, 11) is -2.35. The molecule has 88 valence electrons. The van der Waals surface area contributed by atoms with Crippen molar-refractivity contribution in [3.63, 3.8) is 0 Å². The number of rotatable bonds is 0. The van der Waals surface area contributed by atoms with Gasteiger partial charge in [0.25, 0.3) is 0 Å². The Balaban J connectivity index is 5.54. The van der Waals surface area contributed by atoms with Gasteiger partial charge >= 0.3 is 90.2 Å². The minimum absolute atomic E-state index is 0.0174. The molecule has 0 aliphatic rings. The molecule has 0 bridgehead atoms. The van der Waals surface area contributed by atoms with Gasteiger partial charge in [-0.25, -0.2) is 0 Å². The minimum atomic E-state index is -2.35. The third-order valence-corrected chi connectivity index (χ3v) is 9.77. The van der Waals surface area contributed by atoms with Gasteiger partial charge in [-0.3, -0.25) is 0 Å². The summed E-state index contributed by atoms with van der Waals surface area (Å²) in [5.74, 6) is 0. The summed E-state index contributed by atoms with van der Waals surface area (Å²) in [6.45, 7) is 19.6. The van der Waals surface area contributed by atoms with Gasteiger partial charge in [-0.15, -0.1) is 0 Å². The molecule has 1 N–H and O–H groups in total. The van der Waals surface area contributed by atoms with E-state index in [0.717, 1.165) is 0 Å². The summed E-state index contributed by atoms with van der Waals surface area (Å²) < 4.78 is 0. The fourth-order valence-corrected chi connectivity index (χ4v) is 10.1. The molecule has 0 aromatic carbocycles. The van der Waals surface area contributed by atoms with Crippen LogP contribution in [-0.2, 0) is 0 Å². The molecule has 14 heavy (non-hydrogen) atoms. The Kier molecular flexibility index (Phi) is 3.55. The van der Waals surface area contributed by atoms with Gasteiger partial charge in [0, 0.05) is 0 Å². The van der Waals surface area contributed by atoms with Crippen LogP contribution >= 0.6 is 7.49 Å². The molecule has 0 unspecified atom stereocenters. The molecule has 0 saturated heterocycles. The maximum absolute atomic E-state index is 11.2. The molecule has 0 aromatic rings. The fourth-order valence-electron chi connectivity index (χ4n) is 3.38. The summed E-state index contributed by atoms with van der Waals surface area (Å²) in [5.41, 5.74) is 0. The third-order valence-electron chi connectivity index (χ3n) is 3.26. The monoisotopic (exact) mass is 220 g/mol. The molecule has 0 heterocycles. The average molecular weight is 220 g/mol. The van der Waals surface area contributed by atoms with Gasteiger partial charge in [0.05, 0.1) is 0 Å². The average Bonchev–Trinajstić information content (AvgIpc) is 1.77. The van der Waals surface area contributed by atoms with E-state index in [2.05, 4.69) is 62.3 Å². The van der Waals surface area contributed by atoms with Gasteiger partial charge in [0.1, 0.15) is 0 Å². The molecule has 0 aromatic heterocycles. The van der Waals surface area contributed by atoms with Crippen molar-refractivity contribution >= 4 is 7.49 Å². The van der Waals surface area contributed by atoms with Crippen molar-refractivity contribution < 1.29 is 4.89 Å². The van der Waals surface area contributed by atoms with Gasteiger partial charge in [0.15, 0.2) is 0 Å². The van der Waals surface area contributed by atoms with Crippen LogP contribution < -0.4 is 0 Å². The molecule has 0 amide bonds. The Morgan fingerprint density at radius 1 is 0.571 bits per heavy atom. The van der Waals surface area contributed by atoms with Crippen LogP contribution in [0.2, 0.25) is 0 Å². The van der Waals surface area contributed by atoms with Crippen LogP contribution in [-0.4, -0.2) is 20.4 Å². The Morgan fingerprint density at radius 2 is 0.714 bits per heavy atom. The van der Waals surface area contributed by atoms with Crippen LogP contribution in [0.3, 0.4) is 0 Å². The van der Waals surface area contributed by atoms with Crippen molar-refractivity contribution in [3.05, 3.63) is 0 Å². The molecule has 2 heteroatoms. The predicted octanol–water partition coefficient (Wildman–Crippen LogP) is 4.04. The first-order valence-corrected chi connectivity index (χ1v) is 7.42. The Labute approximate surface area is 90.7 Å². The summed E-state index contributed by atoms with van der Waals surface area (Å²) in [4.78, 5) is 11.2. The summed E-state index contributed by atoms with van der Waals surface area (Å²) in [6.07, 6.45) is 0. The second-order valence-electron chi connectivity index (χ2n) is 7.46. The van der Waals surface area contributed by atoms with Crippen molar-refractivity contribution in [2.45, 2.75) is 77.8 Å². The van der Waals surface area contributed by atoms with E-state index in [0.29, 0.717) is 0 Å². The van der Waals surface area contributed by atoms with E-state index in [9.17, 15) is 4.89 Å². The zero-order valence-electron chi connectivity index (χ0n) is 11.4. The van der Waals surface area contributed by atoms with Crippen LogP contribution in [0.4, 0.5) is 0 Å². The van der Waals surface area contributed by atoms with Crippen molar-refractivity contribution in [3.8, 4) is 0 Å². The van der Waals surface area contributed by atoms with Crippen molar-refractivity contribution in [2.75, 3.05) is 0 Å². The Bertz CT molecular complexity index is 164. The van der Waals surface area contributed by atoms with E-state index in [1.807, 2.05) is 0 Å². The van der Waals surface area contributed by atoms with E-state index in [-0.39, 0.29) is 15.5 Å². The summed E-state index contributed by atoms with van der Waals surface area (Å²) >= 11 is 0. The predicted molar refractivity (Wildman–Crippen MR) is 69.8 cm³/mol. The van der Waals surface area contributed by atoms with Crippen molar-refractivity contribution in [1.82, 2.24) is 0 Å². The van der Waals surface area contributed by atoms with Crippen molar-refractivity contribution in [2.24, 2.45) is 0 Å². The summed E-state index contributed by atoms with van der Waals surface area (Å²) in [6, 6.07) is 0. The second kappa shape index (κ2) is 3.46. The van der Waals surface area contributed by atoms with Crippen LogP contribution in [0.25, 0.3) is 0 Å². The quantitative estimate of drug-likeness (QED) is 0.611. The molecule has 0 fully saturated rings. The van der Waals surface area contributed by atoms with Gasteiger partial charge in [-0.05, 0) is 0 Å². The van der Waals surface area contributed by atoms with Crippen molar-refractivity contribution in [1.29, 1.82) is 0 Å². The first-order chi connectivity index (χ1) is 5.75. The molecule has 0 aliphatic carbocycles. The molecule has 0 radical (unpaired) electrons. The SMILES string of the molecule is CC(C)(C)[PH](O)(C(C)(C)C)C(C)(C)C. The van der Waals surface area contributed by atoms with E-state index in [4.69, 9.17) is 0 Å². The molecule has 0 spiro atoms. The molecular weight excluding hydrogens is 191 g/mol. The standard InChI is InChI=1S/C12H29OP/c1-10(2,3)14(13,11(4,5)6)12(7,8)9/h13-14H,1-9H3. The normalized spacial score (nSPS) is 17.0. The summed E-state index contributed by atoms with van der Waals surface area (Å²) in [5, 5.41) is 0.0521. The molecule has 0 rings (SSSR count). The fraction of sp³-hybridized carbons (Fsp3) is 1.00. The van der Waals surface area contributed by atoms with E-state index in [1.54, 1.807) is 0 Å². The third kappa shape index (κ3) is 2.14. The van der Waals surface area contributed by atoms with E-state index < -0.39 is 7.49 Å². The first-order valence-electron chi connectivity index (χ1n) is 5.47. The van der Waals surface area contributed by atoms with E-state index in [1.165, 1.54) is 0 Å². The molecule has 0 atom stereocenters.